The summed E-state index contributed by atoms with van der Waals surface area (Å²) in [5.41, 5.74) is 2.25. The molecule has 78 valence electrons. The van der Waals surface area contributed by atoms with Gasteiger partial charge in [0.1, 0.15) is 5.71 Å². The van der Waals surface area contributed by atoms with Crippen molar-refractivity contribution in [3.8, 4) is 0 Å². The third kappa shape index (κ3) is 1.33. The molecule has 4 heteroatoms. The zero-order valence-electron chi connectivity index (χ0n) is 9.06. The second-order valence-corrected chi connectivity index (χ2v) is 3.73. The molecule has 0 fully saturated rings. The molecule has 4 nitrogen and oxygen atoms in total. The summed E-state index contributed by atoms with van der Waals surface area (Å²) in [6.07, 6.45) is 3.39. The minimum atomic E-state index is -0.0319. The lowest BCUT2D eigenvalue weighted by molar-refractivity contribution is -0.112. The number of hydrogen-bond donors (Lipinski definition) is 0. The Labute approximate surface area is 88.7 Å². The quantitative estimate of drug-likeness (QED) is 0.689. The van der Waals surface area contributed by atoms with Gasteiger partial charge in [-0.15, -0.1) is 0 Å². The summed E-state index contributed by atoms with van der Waals surface area (Å²) in [7, 11) is 1.63. The van der Waals surface area contributed by atoms with Crippen molar-refractivity contribution >= 4 is 17.3 Å². The molecule has 0 bridgehead atoms. The van der Waals surface area contributed by atoms with Gasteiger partial charge in [-0.05, 0) is 19.9 Å². The third-order valence-corrected chi connectivity index (χ3v) is 2.47. The molecule has 1 amide bonds. The van der Waals surface area contributed by atoms with E-state index >= 15 is 0 Å². The predicted octanol–water partition coefficient (Wildman–Crippen LogP) is 1.26. The summed E-state index contributed by atoms with van der Waals surface area (Å²) in [4.78, 5) is 21.8. The van der Waals surface area contributed by atoms with E-state index in [1.54, 1.807) is 24.3 Å². The van der Waals surface area contributed by atoms with Crippen LogP contribution in [0.2, 0.25) is 0 Å². The first kappa shape index (κ1) is 9.83. The van der Waals surface area contributed by atoms with Gasteiger partial charge >= 0.3 is 0 Å². The van der Waals surface area contributed by atoms with Crippen LogP contribution >= 0.6 is 0 Å². The van der Waals surface area contributed by atoms with E-state index in [0.29, 0.717) is 5.71 Å². The van der Waals surface area contributed by atoms with E-state index in [0.717, 1.165) is 11.3 Å². The standard InChI is InChI=1S/C11H13N3O/c1-7(2)14-9-4-5-13-6-8(9)10(12-3)11(14)15/h4-7H,1-3H3. The molecule has 0 saturated carbocycles. The second kappa shape index (κ2) is 3.46. The van der Waals surface area contributed by atoms with Crippen molar-refractivity contribution in [3.63, 3.8) is 0 Å². The molecule has 1 aromatic heterocycles. The SMILES string of the molecule is CN=C1C(=O)N(C(C)C)c2ccncc21. The fourth-order valence-electron chi connectivity index (χ4n) is 1.85. The zero-order chi connectivity index (χ0) is 11.0. The summed E-state index contributed by atoms with van der Waals surface area (Å²) in [6.45, 7) is 3.97. The fourth-order valence-corrected chi connectivity index (χ4v) is 1.85. The number of rotatable bonds is 1. The Morgan fingerprint density at radius 2 is 2.20 bits per heavy atom. The van der Waals surface area contributed by atoms with Gasteiger partial charge in [0.05, 0.1) is 5.69 Å². The molecular weight excluding hydrogens is 190 g/mol. The molecular formula is C11H13N3O. The van der Waals surface area contributed by atoms with Gasteiger partial charge in [0.25, 0.3) is 5.91 Å². The fraction of sp³-hybridized carbons (Fsp3) is 0.364. The van der Waals surface area contributed by atoms with Crippen molar-refractivity contribution in [2.45, 2.75) is 19.9 Å². The molecule has 0 spiro atoms. The maximum absolute atomic E-state index is 12.0. The van der Waals surface area contributed by atoms with E-state index in [1.165, 1.54) is 0 Å². The largest absolute Gasteiger partial charge is 0.304 e. The van der Waals surface area contributed by atoms with Crippen molar-refractivity contribution < 1.29 is 4.79 Å². The first-order chi connectivity index (χ1) is 7.16. The molecule has 0 atom stereocenters. The van der Waals surface area contributed by atoms with Crippen molar-refractivity contribution in [2.24, 2.45) is 4.99 Å². The zero-order valence-corrected chi connectivity index (χ0v) is 9.06. The van der Waals surface area contributed by atoms with E-state index in [1.807, 2.05) is 19.9 Å². The van der Waals surface area contributed by atoms with Gasteiger partial charge in [-0.25, -0.2) is 0 Å². The number of nitrogens with zero attached hydrogens (tertiary/aromatic N) is 3. The normalized spacial score (nSPS) is 17.7. The third-order valence-electron chi connectivity index (χ3n) is 2.47. The van der Waals surface area contributed by atoms with E-state index < -0.39 is 0 Å². The Hall–Kier alpha value is -1.71. The van der Waals surface area contributed by atoms with Crippen LogP contribution in [0.4, 0.5) is 5.69 Å². The number of aliphatic imine (C=N–C) groups is 1. The number of aromatic nitrogens is 1. The van der Waals surface area contributed by atoms with Crippen LogP contribution in [-0.2, 0) is 4.79 Å². The van der Waals surface area contributed by atoms with Crippen molar-refractivity contribution in [1.82, 2.24) is 4.98 Å². The highest BCUT2D eigenvalue weighted by atomic mass is 16.2. The molecule has 0 aromatic carbocycles. The van der Waals surface area contributed by atoms with Gasteiger partial charge in [0.2, 0.25) is 0 Å². The Morgan fingerprint density at radius 3 is 2.80 bits per heavy atom. The highest BCUT2D eigenvalue weighted by molar-refractivity contribution is 6.54. The van der Waals surface area contributed by atoms with Crippen LogP contribution in [-0.4, -0.2) is 29.7 Å². The highest BCUT2D eigenvalue weighted by Gasteiger charge is 2.34. The van der Waals surface area contributed by atoms with Crippen molar-refractivity contribution in [1.29, 1.82) is 0 Å². The summed E-state index contributed by atoms with van der Waals surface area (Å²) in [6, 6.07) is 1.99. The van der Waals surface area contributed by atoms with E-state index in [-0.39, 0.29) is 11.9 Å². The smallest absolute Gasteiger partial charge is 0.277 e. The summed E-state index contributed by atoms with van der Waals surface area (Å²) >= 11 is 0. The number of pyridine rings is 1. The maximum Gasteiger partial charge on any atom is 0.277 e. The van der Waals surface area contributed by atoms with Crippen LogP contribution < -0.4 is 4.90 Å². The molecule has 1 aliphatic heterocycles. The Balaban J connectivity index is 2.62. The molecule has 1 aromatic rings. The molecule has 0 unspecified atom stereocenters. The summed E-state index contributed by atoms with van der Waals surface area (Å²) in [5, 5.41) is 0. The molecule has 2 rings (SSSR count). The van der Waals surface area contributed by atoms with Crippen LogP contribution in [0.5, 0.6) is 0 Å². The summed E-state index contributed by atoms with van der Waals surface area (Å²) in [5.74, 6) is -0.0319. The number of amides is 1. The monoisotopic (exact) mass is 203 g/mol. The van der Waals surface area contributed by atoms with Crippen molar-refractivity contribution in [2.75, 3.05) is 11.9 Å². The van der Waals surface area contributed by atoms with Crippen LogP contribution in [0.3, 0.4) is 0 Å². The average Bonchev–Trinajstić information content (AvgIpc) is 2.49. The molecule has 0 saturated heterocycles. The van der Waals surface area contributed by atoms with Crippen LogP contribution in [0, 0.1) is 0 Å². The molecule has 2 heterocycles. The van der Waals surface area contributed by atoms with Crippen LogP contribution in [0.15, 0.2) is 23.5 Å². The lowest BCUT2D eigenvalue weighted by atomic mass is 10.2. The Bertz CT molecular complexity index is 437. The number of fused-ring (bicyclic) bond motifs is 1. The first-order valence-electron chi connectivity index (χ1n) is 4.91. The highest BCUT2D eigenvalue weighted by Crippen LogP contribution is 2.29. The number of carbonyl (C=O) groups excluding carboxylic acids is 1. The summed E-state index contributed by atoms with van der Waals surface area (Å²) < 4.78 is 0. The number of carbonyl (C=O) groups is 1. The number of anilines is 1. The van der Waals surface area contributed by atoms with E-state index in [4.69, 9.17) is 0 Å². The molecule has 0 radical (unpaired) electrons. The minimum Gasteiger partial charge on any atom is -0.304 e. The van der Waals surface area contributed by atoms with Gasteiger partial charge < -0.3 is 4.90 Å². The Kier molecular flexibility index (Phi) is 2.26. The molecule has 1 aliphatic rings. The maximum atomic E-state index is 12.0. The van der Waals surface area contributed by atoms with Crippen LogP contribution in [0.1, 0.15) is 19.4 Å². The minimum absolute atomic E-state index is 0.0319. The molecule has 0 N–H and O–H groups in total. The topological polar surface area (TPSA) is 45.6 Å². The van der Waals surface area contributed by atoms with Gasteiger partial charge in [0.15, 0.2) is 0 Å². The van der Waals surface area contributed by atoms with E-state index in [2.05, 4.69) is 9.98 Å². The lowest BCUT2D eigenvalue weighted by Gasteiger charge is -2.20. The first-order valence-corrected chi connectivity index (χ1v) is 4.91. The molecule has 15 heavy (non-hydrogen) atoms. The number of hydrogen-bond acceptors (Lipinski definition) is 3. The average molecular weight is 203 g/mol. The van der Waals surface area contributed by atoms with Gasteiger partial charge in [-0.1, -0.05) is 0 Å². The van der Waals surface area contributed by atoms with Gasteiger partial charge in [-0.2, -0.15) is 0 Å². The van der Waals surface area contributed by atoms with Gasteiger partial charge in [0, 0.05) is 31.0 Å². The predicted molar refractivity (Wildman–Crippen MR) is 59.3 cm³/mol. The Morgan fingerprint density at radius 1 is 1.47 bits per heavy atom. The van der Waals surface area contributed by atoms with Crippen LogP contribution in [0.25, 0.3) is 0 Å². The second-order valence-electron chi connectivity index (χ2n) is 3.73. The molecule has 0 aliphatic carbocycles. The lowest BCUT2D eigenvalue weighted by Crippen LogP contribution is -2.35. The van der Waals surface area contributed by atoms with Gasteiger partial charge in [-0.3, -0.25) is 14.8 Å². The van der Waals surface area contributed by atoms with Crippen molar-refractivity contribution in [3.05, 3.63) is 24.0 Å². The van der Waals surface area contributed by atoms with E-state index in [9.17, 15) is 4.79 Å².